The molecule has 116 valence electrons. The fraction of sp³-hybridized carbons (Fsp3) is 0.125. The molecule has 1 unspecified atom stereocenters. The zero-order chi connectivity index (χ0) is 16.4. The average molecular weight is 331 g/mol. The molecule has 0 aromatic heterocycles. The maximum Gasteiger partial charge on any atom is 0.425 e. The molecule has 0 saturated carbocycles. The first-order valence-corrected chi connectivity index (χ1v) is 6.61. The SMILES string of the molecule is OC(C=Cc1ccccc1F)(c1cccc(Cl)c1)C(F)(F)F. The Morgan fingerprint density at radius 1 is 1.00 bits per heavy atom. The van der Waals surface area contributed by atoms with E-state index in [0.717, 1.165) is 24.3 Å². The summed E-state index contributed by atoms with van der Waals surface area (Å²) in [6, 6.07) is 10.1. The number of aliphatic hydroxyl groups is 1. The van der Waals surface area contributed by atoms with Crippen LogP contribution in [0.1, 0.15) is 11.1 Å². The first kappa shape index (κ1) is 16.5. The molecule has 0 aliphatic carbocycles. The molecule has 0 saturated heterocycles. The molecule has 0 heterocycles. The van der Waals surface area contributed by atoms with Crippen molar-refractivity contribution < 1.29 is 22.7 Å². The van der Waals surface area contributed by atoms with Crippen LogP contribution in [0.5, 0.6) is 0 Å². The van der Waals surface area contributed by atoms with E-state index in [2.05, 4.69) is 0 Å². The molecular formula is C16H11ClF4O. The molecule has 22 heavy (non-hydrogen) atoms. The Morgan fingerprint density at radius 3 is 2.27 bits per heavy atom. The normalized spacial score (nSPS) is 15.0. The quantitative estimate of drug-likeness (QED) is 0.790. The number of halogens is 5. The summed E-state index contributed by atoms with van der Waals surface area (Å²) in [4.78, 5) is 0. The maximum atomic E-state index is 13.5. The number of alkyl halides is 3. The van der Waals surface area contributed by atoms with Gasteiger partial charge in [-0.1, -0.05) is 48.0 Å². The molecule has 6 heteroatoms. The summed E-state index contributed by atoms with van der Waals surface area (Å²) >= 11 is 5.68. The minimum absolute atomic E-state index is 0.0551. The second-order valence-electron chi connectivity index (χ2n) is 4.63. The van der Waals surface area contributed by atoms with Crippen molar-refractivity contribution in [3.8, 4) is 0 Å². The summed E-state index contributed by atoms with van der Waals surface area (Å²) in [6.07, 6.45) is -3.58. The minimum atomic E-state index is -4.99. The zero-order valence-electron chi connectivity index (χ0n) is 11.1. The molecule has 0 aliphatic heterocycles. The van der Waals surface area contributed by atoms with Gasteiger partial charge >= 0.3 is 6.18 Å². The summed E-state index contributed by atoms with van der Waals surface area (Å²) in [5, 5.41) is 10.2. The van der Waals surface area contributed by atoms with Crippen LogP contribution in [0.2, 0.25) is 5.02 Å². The molecule has 2 aromatic carbocycles. The van der Waals surface area contributed by atoms with Crippen molar-refractivity contribution in [3.63, 3.8) is 0 Å². The molecule has 0 radical (unpaired) electrons. The molecule has 0 bridgehead atoms. The van der Waals surface area contributed by atoms with Crippen LogP contribution >= 0.6 is 11.6 Å². The monoisotopic (exact) mass is 330 g/mol. The molecule has 0 amide bonds. The molecule has 2 rings (SSSR count). The lowest BCUT2D eigenvalue weighted by atomic mass is 9.92. The van der Waals surface area contributed by atoms with Gasteiger partial charge in [0.05, 0.1) is 0 Å². The first-order chi connectivity index (χ1) is 10.2. The molecule has 0 fully saturated rings. The molecule has 1 nitrogen and oxygen atoms in total. The predicted octanol–water partition coefficient (Wildman–Crippen LogP) is 4.94. The molecule has 1 N–H and O–H groups in total. The third-order valence-corrected chi connectivity index (χ3v) is 3.34. The summed E-state index contributed by atoms with van der Waals surface area (Å²) in [5.41, 5.74) is -3.77. The van der Waals surface area contributed by atoms with E-state index in [1.54, 1.807) is 0 Å². The van der Waals surface area contributed by atoms with Gasteiger partial charge in [0, 0.05) is 10.6 Å². The highest BCUT2D eigenvalue weighted by Crippen LogP contribution is 2.41. The standard InChI is InChI=1S/C16H11ClF4O/c17-13-6-3-5-12(10-13)15(22,16(19,20)21)9-8-11-4-1-2-7-14(11)18/h1-10,22H. The molecular weight excluding hydrogens is 320 g/mol. The van der Waals surface area contributed by atoms with Gasteiger partial charge in [0.15, 0.2) is 0 Å². The Balaban J connectivity index is 2.50. The molecule has 1 atom stereocenters. The topological polar surface area (TPSA) is 20.2 Å². The van der Waals surface area contributed by atoms with E-state index in [1.807, 2.05) is 0 Å². The van der Waals surface area contributed by atoms with E-state index < -0.39 is 23.2 Å². The number of rotatable bonds is 3. The van der Waals surface area contributed by atoms with Crippen molar-refractivity contribution in [1.82, 2.24) is 0 Å². The van der Waals surface area contributed by atoms with Gasteiger partial charge in [-0.2, -0.15) is 13.2 Å². The predicted molar refractivity (Wildman–Crippen MR) is 76.8 cm³/mol. The summed E-state index contributed by atoms with van der Waals surface area (Å²) < 4.78 is 53.4. The van der Waals surface area contributed by atoms with E-state index >= 15 is 0 Å². The molecule has 0 spiro atoms. The number of hydrogen-bond donors (Lipinski definition) is 1. The second kappa shape index (κ2) is 6.10. The fourth-order valence-electron chi connectivity index (χ4n) is 1.90. The van der Waals surface area contributed by atoms with E-state index in [4.69, 9.17) is 11.6 Å². The molecule has 0 aliphatic rings. The highest BCUT2D eigenvalue weighted by molar-refractivity contribution is 6.30. The van der Waals surface area contributed by atoms with Gasteiger partial charge in [0.1, 0.15) is 5.82 Å². The summed E-state index contributed by atoms with van der Waals surface area (Å²) in [5.74, 6) is -0.686. The maximum absolute atomic E-state index is 13.5. The minimum Gasteiger partial charge on any atom is -0.373 e. The third-order valence-electron chi connectivity index (χ3n) is 3.11. The Bertz CT molecular complexity index is 697. The average Bonchev–Trinajstić information content (AvgIpc) is 2.45. The van der Waals surface area contributed by atoms with Crippen molar-refractivity contribution in [3.05, 3.63) is 76.6 Å². The lowest BCUT2D eigenvalue weighted by molar-refractivity contribution is -0.244. The third kappa shape index (κ3) is 3.31. The van der Waals surface area contributed by atoms with Crippen molar-refractivity contribution in [1.29, 1.82) is 0 Å². The lowest BCUT2D eigenvalue weighted by Crippen LogP contribution is -2.40. The van der Waals surface area contributed by atoms with Gasteiger partial charge in [0.25, 0.3) is 0 Å². The lowest BCUT2D eigenvalue weighted by Gasteiger charge is -2.28. The van der Waals surface area contributed by atoms with Crippen LogP contribution in [0.4, 0.5) is 17.6 Å². The Hall–Kier alpha value is -1.85. The number of hydrogen-bond acceptors (Lipinski definition) is 1. The largest absolute Gasteiger partial charge is 0.425 e. The van der Waals surface area contributed by atoms with Crippen LogP contribution in [-0.2, 0) is 5.60 Å². The van der Waals surface area contributed by atoms with Crippen LogP contribution in [0.15, 0.2) is 54.6 Å². The van der Waals surface area contributed by atoms with Gasteiger partial charge in [0.2, 0.25) is 5.60 Å². The van der Waals surface area contributed by atoms with Crippen LogP contribution < -0.4 is 0 Å². The fourth-order valence-corrected chi connectivity index (χ4v) is 2.09. The smallest absolute Gasteiger partial charge is 0.373 e. The molecule has 2 aromatic rings. The Morgan fingerprint density at radius 2 is 1.68 bits per heavy atom. The van der Waals surface area contributed by atoms with E-state index in [1.165, 1.54) is 30.3 Å². The Labute approximate surface area is 129 Å². The van der Waals surface area contributed by atoms with Crippen LogP contribution in [0, 0.1) is 5.82 Å². The van der Waals surface area contributed by atoms with Crippen LogP contribution in [-0.4, -0.2) is 11.3 Å². The number of benzene rings is 2. The van der Waals surface area contributed by atoms with Crippen LogP contribution in [0.3, 0.4) is 0 Å². The highest BCUT2D eigenvalue weighted by atomic mass is 35.5. The van der Waals surface area contributed by atoms with Gasteiger partial charge in [-0.05, 0) is 29.8 Å². The van der Waals surface area contributed by atoms with Crippen molar-refractivity contribution >= 4 is 17.7 Å². The highest BCUT2D eigenvalue weighted by Gasteiger charge is 2.53. The van der Waals surface area contributed by atoms with Gasteiger partial charge in [-0.25, -0.2) is 4.39 Å². The first-order valence-electron chi connectivity index (χ1n) is 6.23. The van der Waals surface area contributed by atoms with E-state index in [0.29, 0.717) is 6.08 Å². The van der Waals surface area contributed by atoms with Crippen molar-refractivity contribution in [2.75, 3.05) is 0 Å². The van der Waals surface area contributed by atoms with Crippen molar-refractivity contribution in [2.45, 2.75) is 11.8 Å². The van der Waals surface area contributed by atoms with Gasteiger partial charge in [-0.3, -0.25) is 0 Å². The second-order valence-corrected chi connectivity index (χ2v) is 5.07. The van der Waals surface area contributed by atoms with E-state index in [-0.39, 0.29) is 10.6 Å². The summed E-state index contributed by atoms with van der Waals surface area (Å²) in [6.45, 7) is 0. The summed E-state index contributed by atoms with van der Waals surface area (Å²) in [7, 11) is 0. The van der Waals surface area contributed by atoms with Crippen molar-refractivity contribution in [2.24, 2.45) is 0 Å². The van der Waals surface area contributed by atoms with Gasteiger partial charge in [-0.15, -0.1) is 0 Å². The zero-order valence-corrected chi connectivity index (χ0v) is 11.9. The van der Waals surface area contributed by atoms with E-state index in [9.17, 15) is 22.7 Å². The van der Waals surface area contributed by atoms with Gasteiger partial charge < -0.3 is 5.11 Å². The van der Waals surface area contributed by atoms with Crippen LogP contribution in [0.25, 0.3) is 6.08 Å². The Kier molecular flexibility index (Phi) is 4.58.